The van der Waals surface area contributed by atoms with E-state index in [1.165, 1.54) is 19.2 Å². The fourth-order valence-corrected chi connectivity index (χ4v) is 1.19. The SMILES string of the molecule is COc1cccc(C(F)(F)F)c1CO. The van der Waals surface area contributed by atoms with E-state index in [0.29, 0.717) is 0 Å². The second-order valence-electron chi connectivity index (χ2n) is 2.64. The highest BCUT2D eigenvalue weighted by Crippen LogP contribution is 2.35. The van der Waals surface area contributed by atoms with Gasteiger partial charge in [-0.25, -0.2) is 0 Å². The molecule has 2 nitrogen and oxygen atoms in total. The number of aliphatic hydroxyl groups is 1. The molecular formula is C9H9F3O2. The summed E-state index contributed by atoms with van der Waals surface area (Å²) in [6.07, 6.45) is -4.47. The van der Waals surface area contributed by atoms with E-state index in [0.717, 1.165) is 6.07 Å². The van der Waals surface area contributed by atoms with Crippen LogP contribution < -0.4 is 4.74 Å². The van der Waals surface area contributed by atoms with Gasteiger partial charge in [-0.2, -0.15) is 13.2 Å². The number of halogens is 3. The van der Waals surface area contributed by atoms with Gasteiger partial charge in [0.05, 0.1) is 19.3 Å². The van der Waals surface area contributed by atoms with E-state index in [-0.39, 0.29) is 11.3 Å². The van der Waals surface area contributed by atoms with Crippen LogP contribution in [-0.4, -0.2) is 12.2 Å². The van der Waals surface area contributed by atoms with Gasteiger partial charge in [-0.15, -0.1) is 0 Å². The summed E-state index contributed by atoms with van der Waals surface area (Å²) in [6.45, 7) is -0.696. The molecule has 0 aliphatic carbocycles. The zero-order valence-electron chi connectivity index (χ0n) is 7.43. The Balaban J connectivity index is 3.29. The van der Waals surface area contributed by atoms with Crippen LogP contribution >= 0.6 is 0 Å². The minimum absolute atomic E-state index is 0.0438. The van der Waals surface area contributed by atoms with Crippen molar-refractivity contribution in [1.29, 1.82) is 0 Å². The Morgan fingerprint density at radius 1 is 1.36 bits per heavy atom. The summed E-state index contributed by atoms with van der Waals surface area (Å²) < 4.78 is 41.9. The Morgan fingerprint density at radius 2 is 2.00 bits per heavy atom. The van der Waals surface area contributed by atoms with Gasteiger partial charge in [0.25, 0.3) is 0 Å². The van der Waals surface area contributed by atoms with Crippen LogP contribution in [0.25, 0.3) is 0 Å². The molecule has 1 rings (SSSR count). The standard InChI is InChI=1S/C9H9F3O2/c1-14-8-4-2-3-7(6(8)5-13)9(10,11)12/h2-4,13H,5H2,1H3. The van der Waals surface area contributed by atoms with Crippen molar-refractivity contribution in [3.63, 3.8) is 0 Å². The topological polar surface area (TPSA) is 29.5 Å². The Kier molecular flexibility index (Phi) is 3.00. The van der Waals surface area contributed by atoms with Crippen LogP contribution in [0.2, 0.25) is 0 Å². The van der Waals surface area contributed by atoms with Crippen molar-refractivity contribution in [2.75, 3.05) is 7.11 Å². The average molecular weight is 206 g/mol. The lowest BCUT2D eigenvalue weighted by molar-refractivity contribution is -0.138. The number of hydrogen-bond acceptors (Lipinski definition) is 2. The zero-order valence-corrected chi connectivity index (χ0v) is 7.43. The molecule has 0 radical (unpaired) electrons. The highest BCUT2D eigenvalue weighted by atomic mass is 19.4. The lowest BCUT2D eigenvalue weighted by Crippen LogP contribution is -2.10. The van der Waals surface area contributed by atoms with Crippen molar-refractivity contribution in [2.45, 2.75) is 12.8 Å². The van der Waals surface area contributed by atoms with Crippen molar-refractivity contribution >= 4 is 0 Å². The van der Waals surface area contributed by atoms with Gasteiger partial charge >= 0.3 is 6.18 Å². The summed E-state index contributed by atoms with van der Waals surface area (Å²) >= 11 is 0. The molecule has 14 heavy (non-hydrogen) atoms. The maximum atomic E-state index is 12.4. The zero-order chi connectivity index (χ0) is 10.8. The summed E-state index contributed by atoms with van der Waals surface area (Å²) in [5.41, 5.74) is -1.10. The third-order valence-corrected chi connectivity index (χ3v) is 1.82. The van der Waals surface area contributed by atoms with E-state index >= 15 is 0 Å². The van der Waals surface area contributed by atoms with Gasteiger partial charge in [0.15, 0.2) is 0 Å². The molecule has 0 spiro atoms. The van der Waals surface area contributed by atoms with Gasteiger partial charge in [-0.1, -0.05) is 6.07 Å². The van der Waals surface area contributed by atoms with Crippen molar-refractivity contribution in [3.8, 4) is 5.75 Å². The first kappa shape index (κ1) is 10.8. The highest BCUT2D eigenvalue weighted by Gasteiger charge is 2.34. The number of benzene rings is 1. The molecule has 0 saturated carbocycles. The summed E-state index contributed by atoms with van der Waals surface area (Å²) in [6, 6.07) is 3.52. The molecule has 0 bridgehead atoms. The molecule has 0 heterocycles. The van der Waals surface area contributed by atoms with E-state index in [1.54, 1.807) is 0 Å². The van der Waals surface area contributed by atoms with Gasteiger partial charge < -0.3 is 9.84 Å². The van der Waals surface area contributed by atoms with Crippen LogP contribution in [0.15, 0.2) is 18.2 Å². The minimum Gasteiger partial charge on any atom is -0.496 e. The Hall–Kier alpha value is -1.23. The summed E-state index contributed by atoms with van der Waals surface area (Å²) in [7, 11) is 1.26. The number of methoxy groups -OCH3 is 1. The molecule has 0 aromatic heterocycles. The average Bonchev–Trinajstić information content (AvgIpc) is 2.15. The van der Waals surface area contributed by atoms with E-state index < -0.39 is 18.3 Å². The minimum atomic E-state index is -4.47. The first-order valence-electron chi connectivity index (χ1n) is 3.84. The number of alkyl halides is 3. The van der Waals surface area contributed by atoms with Crippen molar-refractivity contribution < 1.29 is 23.0 Å². The van der Waals surface area contributed by atoms with Crippen molar-refractivity contribution in [3.05, 3.63) is 29.3 Å². The lowest BCUT2D eigenvalue weighted by atomic mass is 10.1. The van der Waals surface area contributed by atoms with Gasteiger partial charge in [-0.3, -0.25) is 0 Å². The van der Waals surface area contributed by atoms with Crippen LogP contribution in [0.3, 0.4) is 0 Å². The Labute approximate surface area is 78.9 Å². The van der Waals surface area contributed by atoms with Crippen molar-refractivity contribution in [1.82, 2.24) is 0 Å². The monoisotopic (exact) mass is 206 g/mol. The molecule has 78 valence electrons. The molecule has 0 aliphatic heterocycles. The van der Waals surface area contributed by atoms with Gasteiger partial charge in [-0.05, 0) is 12.1 Å². The molecule has 0 aliphatic rings. The Morgan fingerprint density at radius 3 is 2.43 bits per heavy atom. The number of ether oxygens (including phenoxy) is 1. The van der Waals surface area contributed by atoms with Gasteiger partial charge in [0.1, 0.15) is 5.75 Å². The number of hydrogen-bond donors (Lipinski definition) is 1. The van der Waals surface area contributed by atoms with E-state index in [4.69, 9.17) is 9.84 Å². The largest absolute Gasteiger partial charge is 0.496 e. The molecule has 1 N–H and O–H groups in total. The van der Waals surface area contributed by atoms with Gasteiger partial charge in [0, 0.05) is 5.56 Å². The second kappa shape index (κ2) is 3.88. The highest BCUT2D eigenvalue weighted by molar-refractivity contribution is 5.41. The van der Waals surface area contributed by atoms with Crippen molar-refractivity contribution in [2.24, 2.45) is 0 Å². The lowest BCUT2D eigenvalue weighted by Gasteiger charge is -2.13. The van der Waals surface area contributed by atoms with Crippen LogP contribution in [-0.2, 0) is 12.8 Å². The molecule has 0 atom stereocenters. The van der Waals surface area contributed by atoms with Gasteiger partial charge in [0.2, 0.25) is 0 Å². The molecule has 0 fully saturated rings. The third-order valence-electron chi connectivity index (χ3n) is 1.82. The first-order chi connectivity index (χ1) is 6.50. The maximum absolute atomic E-state index is 12.4. The fraction of sp³-hybridized carbons (Fsp3) is 0.333. The number of aliphatic hydroxyl groups excluding tert-OH is 1. The molecular weight excluding hydrogens is 197 g/mol. The quantitative estimate of drug-likeness (QED) is 0.803. The Bertz CT molecular complexity index is 320. The smallest absolute Gasteiger partial charge is 0.416 e. The maximum Gasteiger partial charge on any atom is 0.416 e. The molecule has 1 aromatic rings. The van der Waals surface area contributed by atoms with E-state index in [9.17, 15) is 13.2 Å². The summed E-state index contributed by atoms with van der Waals surface area (Å²) in [4.78, 5) is 0. The van der Waals surface area contributed by atoms with Crippen LogP contribution in [0, 0.1) is 0 Å². The predicted octanol–water partition coefficient (Wildman–Crippen LogP) is 2.21. The molecule has 5 heteroatoms. The van der Waals surface area contributed by atoms with Crippen LogP contribution in [0.5, 0.6) is 5.75 Å². The van der Waals surface area contributed by atoms with Crippen LogP contribution in [0.4, 0.5) is 13.2 Å². The number of rotatable bonds is 2. The summed E-state index contributed by atoms with van der Waals surface area (Å²) in [5, 5.41) is 8.81. The molecule has 0 unspecified atom stereocenters. The molecule has 1 aromatic carbocycles. The first-order valence-corrected chi connectivity index (χ1v) is 3.84. The third kappa shape index (κ3) is 1.98. The van der Waals surface area contributed by atoms with Crippen LogP contribution in [0.1, 0.15) is 11.1 Å². The second-order valence-corrected chi connectivity index (χ2v) is 2.64. The normalized spacial score (nSPS) is 11.5. The molecule has 0 saturated heterocycles. The summed E-state index contributed by atoms with van der Waals surface area (Å²) in [5.74, 6) is 0.0438. The fourth-order valence-electron chi connectivity index (χ4n) is 1.19. The molecule has 0 amide bonds. The predicted molar refractivity (Wildman–Crippen MR) is 43.9 cm³/mol. The van der Waals surface area contributed by atoms with E-state index in [2.05, 4.69) is 0 Å². The van der Waals surface area contributed by atoms with E-state index in [1.807, 2.05) is 0 Å².